The smallest absolute Gasteiger partial charge is 0.308 e. The van der Waals surface area contributed by atoms with Gasteiger partial charge in [0.2, 0.25) is 5.91 Å². The van der Waals surface area contributed by atoms with Crippen molar-refractivity contribution in [2.24, 2.45) is 5.92 Å². The molecule has 1 saturated carbocycles. The lowest BCUT2D eigenvalue weighted by Crippen LogP contribution is -2.40. The van der Waals surface area contributed by atoms with E-state index < -0.39 is 0 Å². The molecule has 6 nitrogen and oxygen atoms in total. The molecule has 1 heterocycles. The van der Waals surface area contributed by atoms with Crippen LogP contribution in [0.5, 0.6) is 0 Å². The summed E-state index contributed by atoms with van der Waals surface area (Å²) in [6.07, 6.45) is 4.83. The minimum Gasteiger partial charge on any atom is -0.469 e. The van der Waals surface area contributed by atoms with Gasteiger partial charge >= 0.3 is 5.97 Å². The number of carbonyl (C=O) groups excluding carboxylic acids is 2. The second-order valence-corrected chi connectivity index (χ2v) is 6.20. The van der Waals surface area contributed by atoms with Gasteiger partial charge in [-0.1, -0.05) is 0 Å². The van der Waals surface area contributed by atoms with Gasteiger partial charge in [0.15, 0.2) is 0 Å². The second kappa shape index (κ2) is 9.10. The van der Waals surface area contributed by atoms with Crippen molar-refractivity contribution < 1.29 is 19.1 Å². The molecule has 2 aliphatic rings. The number of carbonyl (C=O) groups is 2. The highest BCUT2D eigenvalue weighted by Crippen LogP contribution is 2.25. The molecule has 1 N–H and O–H groups in total. The summed E-state index contributed by atoms with van der Waals surface area (Å²) in [5.41, 5.74) is 0. The molecular formula is C16H28N2O4. The van der Waals surface area contributed by atoms with E-state index in [9.17, 15) is 9.59 Å². The maximum absolute atomic E-state index is 12.0. The molecule has 0 atom stereocenters. The Bertz CT molecular complexity index is 361. The molecule has 6 heteroatoms. The quantitative estimate of drug-likeness (QED) is 0.740. The highest BCUT2D eigenvalue weighted by molar-refractivity contribution is 5.76. The lowest BCUT2D eigenvalue weighted by molar-refractivity contribution is -0.146. The van der Waals surface area contributed by atoms with Crippen LogP contribution in [0.15, 0.2) is 0 Å². The Labute approximate surface area is 132 Å². The molecule has 2 rings (SSSR count). The zero-order valence-electron chi connectivity index (χ0n) is 13.5. The van der Waals surface area contributed by atoms with Crippen molar-refractivity contribution in [2.45, 2.75) is 44.6 Å². The van der Waals surface area contributed by atoms with E-state index in [1.165, 1.54) is 7.11 Å². The van der Waals surface area contributed by atoms with Gasteiger partial charge < -0.3 is 14.8 Å². The fourth-order valence-corrected chi connectivity index (χ4v) is 3.23. The monoisotopic (exact) mass is 312 g/mol. The SMILES string of the molecule is COC(=O)[C@H]1CC[C@@H](NC(=O)CCCN2CCOCC2)CC1. The molecule has 0 bridgehead atoms. The van der Waals surface area contributed by atoms with Crippen LogP contribution >= 0.6 is 0 Å². The van der Waals surface area contributed by atoms with Gasteiger partial charge in [-0.05, 0) is 38.6 Å². The van der Waals surface area contributed by atoms with Gasteiger partial charge in [-0.15, -0.1) is 0 Å². The number of esters is 1. The number of amides is 1. The number of hydrogen-bond donors (Lipinski definition) is 1. The van der Waals surface area contributed by atoms with Gasteiger partial charge in [-0.2, -0.15) is 0 Å². The van der Waals surface area contributed by atoms with Crippen molar-refractivity contribution in [1.82, 2.24) is 10.2 Å². The summed E-state index contributed by atoms with van der Waals surface area (Å²) < 4.78 is 10.1. The molecule has 1 saturated heterocycles. The van der Waals surface area contributed by atoms with E-state index >= 15 is 0 Å². The first kappa shape index (κ1) is 17.2. The van der Waals surface area contributed by atoms with E-state index in [1.54, 1.807) is 0 Å². The number of ether oxygens (including phenoxy) is 2. The van der Waals surface area contributed by atoms with Crippen LogP contribution in [0.2, 0.25) is 0 Å². The highest BCUT2D eigenvalue weighted by atomic mass is 16.5. The molecule has 2 fully saturated rings. The van der Waals surface area contributed by atoms with Crippen molar-refractivity contribution in [3.63, 3.8) is 0 Å². The predicted molar refractivity (Wildman–Crippen MR) is 82.4 cm³/mol. The molecule has 126 valence electrons. The molecule has 0 spiro atoms. The molecule has 0 radical (unpaired) electrons. The molecule has 0 aromatic carbocycles. The minimum atomic E-state index is -0.115. The Morgan fingerprint density at radius 3 is 2.50 bits per heavy atom. The summed E-state index contributed by atoms with van der Waals surface area (Å²) in [7, 11) is 1.44. The van der Waals surface area contributed by atoms with E-state index in [0.717, 1.165) is 65.0 Å². The Morgan fingerprint density at radius 2 is 1.86 bits per heavy atom. The largest absolute Gasteiger partial charge is 0.469 e. The van der Waals surface area contributed by atoms with Crippen LogP contribution in [0.25, 0.3) is 0 Å². The first-order valence-corrected chi connectivity index (χ1v) is 8.36. The average molecular weight is 312 g/mol. The molecule has 1 aliphatic carbocycles. The molecule has 22 heavy (non-hydrogen) atoms. The summed E-state index contributed by atoms with van der Waals surface area (Å²) in [6.45, 7) is 4.51. The van der Waals surface area contributed by atoms with Crippen LogP contribution in [0.4, 0.5) is 0 Å². The van der Waals surface area contributed by atoms with E-state index in [0.29, 0.717) is 6.42 Å². The van der Waals surface area contributed by atoms with Gasteiger partial charge in [0.1, 0.15) is 0 Å². The number of rotatable bonds is 6. The number of nitrogens with zero attached hydrogens (tertiary/aromatic N) is 1. The van der Waals surface area contributed by atoms with Gasteiger partial charge in [-0.25, -0.2) is 0 Å². The van der Waals surface area contributed by atoms with Crippen LogP contribution in [0.1, 0.15) is 38.5 Å². The summed E-state index contributed by atoms with van der Waals surface area (Å²) in [6, 6.07) is 0.219. The Kier molecular flexibility index (Phi) is 7.12. The van der Waals surface area contributed by atoms with Gasteiger partial charge in [0, 0.05) is 25.6 Å². The number of morpholine rings is 1. The van der Waals surface area contributed by atoms with E-state index in [-0.39, 0.29) is 23.8 Å². The number of methoxy groups -OCH3 is 1. The van der Waals surface area contributed by atoms with Gasteiger partial charge in [-0.3, -0.25) is 14.5 Å². The van der Waals surface area contributed by atoms with Crippen molar-refractivity contribution in [2.75, 3.05) is 40.0 Å². The van der Waals surface area contributed by atoms with Crippen LogP contribution in [0.3, 0.4) is 0 Å². The lowest BCUT2D eigenvalue weighted by atomic mass is 9.86. The van der Waals surface area contributed by atoms with E-state index in [4.69, 9.17) is 9.47 Å². The van der Waals surface area contributed by atoms with Gasteiger partial charge in [0.25, 0.3) is 0 Å². The van der Waals surface area contributed by atoms with Crippen LogP contribution in [0, 0.1) is 5.92 Å². The third-order valence-electron chi connectivity index (χ3n) is 4.61. The third kappa shape index (κ3) is 5.57. The standard InChI is InChI=1S/C16H28N2O4/c1-21-16(20)13-4-6-14(7-5-13)17-15(19)3-2-8-18-9-11-22-12-10-18/h13-14H,2-12H2,1H3,(H,17,19)/t13-,14+. The fourth-order valence-electron chi connectivity index (χ4n) is 3.23. The Morgan fingerprint density at radius 1 is 1.18 bits per heavy atom. The summed E-state index contributed by atoms with van der Waals surface area (Å²) in [5.74, 6) is 0.0320. The first-order chi connectivity index (χ1) is 10.7. The number of hydrogen-bond acceptors (Lipinski definition) is 5. The van der Waals surface area contributed by atoms with E-state index in [2.05, 4.69) is 10.2 Å². The molecule has 0 unspecified atom stereocenters. The lowest BCUT2D eigenvalue weighted by Gasteiger charge is -2.28. The molecule has 1 amide bonds. The van der Waals surface area contributed by atoms with Crippen molar-refractivity contribution in [1.29, 1.82) is 0 Å². The van der Waals surface area contributed by atoms with Crippen molar-refractivity contribution in [3.05, 3.63) is 0 Å². The fraction of sp³-hybridized carbons (Fsp3) is 0.875. The van der Waals surface area contributed by atoms with Crippen molar-refractivity contribution >= 4 is 11.9 Å². The Balaban J connectivity index is 1.56. The zero-order chi connectivity index (χ0) is 15.8. The van der Waals surface area contributed by atoms with E-state index in [1.807, 2.05) is 0 Å². The van der Waals surface area contributed by atoms with Crippen LogP contribution in [-0.2, 0) is 19.1 Å². The second-order valence-electron chi connectivity index (χ2n) is 6.20. The summed E-state index contributed by atoms with van der Waals surface area (Å²) in [4.78, 5) is 25.8. The molecule has 0 aromatic rings. The molecular weight excluding hydrogens is 284 g/mol. The topological polar surface area (TPSA) is 67.9 Å². The van der Waals surface area contributed by atoms with Crippen LogP contribution in [-0.4, -0.2) is 62.8 Å². The maximum atomic E-state index is 12.0. The number of nitrogens with one attached hydrogen (secondary N) is 1. The Hall–Kier alpha value is -1.14. The third-order valence-corrected chi connectivity index (χ3v) is 4.61. The van der Waals surface area contributed by atoms with Crippen LogP contribution < -0.4 is 5.32 Å². The van der Waals surface area contributed by atoms with Crippen molar-refractivity contribution in [3.8, 4) is 0 Å². The maximum Gasteiger partial charge on any atom is 0.308 e. The highest BCUT2D eigenvalue weighted by Gasteiger charge is 2.27. The summed E-state index contributed by atoms with van der Waals surface area (Å²) in [5, 5.41) is 3.10. The molecule has 0 aromatic heterocycles. The zero-order valence-corrected chi connectivity index (χ0v) is 13.5. The van der Waals surface area contributed by atoms with Gasteiger partial charge in [0.05, 0.1) is 26.2 Å². The molecule has 1 aliphatic heterocycles. The first-order valence-electron chi connectivity index (χ1n) is 8.36. The minimum absolute atomic E-state index is 0.0134. The normalized spacial score (nSPS) is 26.4. The average Bonchev–Trinajstić information content (AvgIpc) is 2.56. The summed E-state index contributed by atoms with van der Waals surface area (Å²) >= 11 is 0. The predicted octanol–water partition coefficient (Wildman–Crippen LogP) is 0.947.